The van der Waals surface area contributed by atoms with Gasteiger partial charge in [0.25, 0.3) is 0 Å². The molecular formula is C20H22O4. The van der Waals surface area contributed by atoms with Crippen molar-refractivity contribution in [3.05, 3.63) is 65.2 Å². The molecule has 4 nitrogen and oxygen atoms in total. The fourth-order valence-electron chi connectivity index (χ4n) is 2.26. The van der Waals surface area contributed by atoms with Gasteiger partial charge in [0.2, 0.25) is 0 Å². The summed E-state index contributed by atoms with van der Waals surface area (Å²) in [5, 5.41) is 0. The number of para-hydroxylation sites is 1. The van der Waals surface area contributed by atoms with Crippen LogP contribution in [0.15, 0.2) is 48.5 Å². The number of benzene rings is 2. The third-order valence-corrected chi connectivity index (χ3v) is 3.64. The summed E-state index contributed by atoms with van der Waals surface area (Å²) >= 11 is 0. The highest BCUT2D eigenvalue weighted by atomic mass is 16.5. The Bertz CT molecular complexity index is 706. The van der Waals surface area contributed by atoms with Crippen LogP contribution in [0.4, 0.5) is 0 Å². The number of unbranched alkanes of at least 4 members (excludes halogenated alkanes) is 2. The average molecular weight is 326 g/mol. The van der Waals surface area contributed by atoms with Gasteiger partial charge >= 0.3 is 11.9 Å². The summed E-state index contributed by atoms with van der Waals surface area (Å²) in [4.78, 5) is 24.7. The van der Waals surface area contributed by atoms with Crippen molar-refractivity contribution in [1.82, 2.24) is 0 Å². The van der Waals surface area contributed by atoms with Gasteiger partial charge in [0.05, 0.1) is 17.7 Å². The summed E-state index contributed by atoms with van der Waals surface area (Å²) in [6.45, 7) is 4.29. The summed E-state index contributed by atoms with van der Waals surface area (Å²) in [6.07, 6.45) is 2.87. The van der Waals surface area contributed by atoms with Crippen molar-refractivity contribution in [2.45, 2.75) is 33.1 Å². The Labute approximate surface area is 142 Å². The van der Waals surface area contributed by atoms with Gasteiger partial charge in [-0.2, -0.15) is 0 Å². The lowest BCUT2D eigenvalue weighted by atomic mass is 10.1. The minimum absolute atomic E-state index is 0.209. The van der Waals surface area contributed by atoms with Crippen LogP contribution >= 0.6 is 0 Å². The minimum atomic E-state index is -0.564. The number of rotatable bonds is 7. The highest BCUT2D eigenvalue weighted by Gasteiger charge is 2.19. The van der Waals surface area contributed by atoms with Gasteiger partial charge < -0.3 is 9.47 Å². The van der Waals surface area contributed by atoms with E-state index in [1.165, 1.54) is 0 Å². The molecule has 2 rings (SSSR count). The summed E-state index contributed by atoms with van der Waals surface area (Å²) in [7, 11) is 0. The molecule has 0 atom stereocenters. The molecule has 0 amide bonds. The maximum Gasteiger partial charge on any atom is 0.344 e. The Morgan fingerprint density at radius 3 is 2.17 bits per heavy atom. The number of aryl methyl sites for hydroxylation is 1. The first-order chi connectivity index (χ1) is 11.6. The van der Waals surface area contributed by atoms with E-state index in [9.17, 15) is 9.59 Å². The summed E-state index contributed by atoms with van der Waals surface area (Å²) in [6, 6.07) is 13.8. The number of hydrogen-bond acceptors (Lipinski definition) is 4. The molecule has 126 valence electrons. The number of hydrogen-bond donors (Lipinski definition) is 0. The van der Waals surface area contributed by atoms with Crippen LogP contribution in [0.3, 0.4) is 0 Å². The minimum Gasteiger partial charge on any atom is -0.462 e. The zero-order valence-electron chi connectivity index (χ0n) is 14.1. The van der Waals surface area contributed by atoms with Crippen LogP contribution in [0.5, 0.6) is 5.75 Å². The molecule has 4 heteroatoms. The molecule has 0 fully saturated rings. The zero-order valence-corrected chi connectivity index (χ0v) is 14.1. The fraction of sp³-hybridized carbons (Fsp3) is 0.300. The normalized spacial score (nSPS) is 10.2. The molecule has 0 bridgehead atoms. The second-order valence-electron chi connectivity index (χ2n) is 5.54. The molecule has 0 N–H and O–H groups in total. The molecule has 2 aromatic carbocycles. The van der Waals surface area contributed by atoms with E-state index >= 15 is 0 Å². The third-order valence-electron chi connectivity index (χ3n) is 3.64. The van der Waals surface area contributed by atoms with E-state index < -0.39 is 11.9 Å². The topological polar surface area (TPSA) is 52.6 Å². The SMILES string of the molecule is CCCCCOC(=O)c1ccccc1C(=O)Oc1ccccc1C. The van der Waals surface area contributed by atoms with Gasteiger partial charge in [0, 0.05) is 0 Å². The van der Waals surface area contributed by atoms with Crippen molar-refractivity contribution in [2.24, 2.45) is 0 Å². The van der Waals surface area contributed by atoms with Gasteiger partial charge in [-0.1, -0.05) is 50.1 Å². The van der Waals surface area contributed by atoms with Crippen LogP contribution in [-0.2, 0) is 4.74 Å². The lowest BCUT2D eigenvalue weighted by Crippen LogP contribution is -2.16. The van der Waals surface area contributed by atoms with Gasteiger partial charge in [0.1, 0.15) is 5.75 Å². The van der Waals surface area contributed by atoms with Gasteiger partial charge in [-0.15, -0.1) is 0 Å². The predicted octanol–water partition coefficient (Wildman–Crippen LogP) is 4.56. The van der Waals surface area contributed by atoms with Crippen LogP contribution in [0.2, 0.25) is 0 Å². The van der Waals surface area contributed by atoms with Gasteiger partial charge in [-0.25, -0.2) is 9.59 Å². The van der Waals surface area contributed by atoms with Crippen LogP contribution < -0.4 is 4.74 Å². The standard InChI is InChI=1S/C20H22O4/c1-3-4-9-14-23-19(21)16-11-6-7-12-17(16)20(22)24-18-13-8-5-10-15(18)2/h5-8,10-13H,3-4,9,14H2,1-2H3. The van der Waals surface area contributed by atoms with Crippen LogP contribution in [-0.4, -0.2) is 18.5 Å². The van der Waals surface area contributed by atoms with Gasteiger partial charge in [0.15, 0.2) is 0 Å². The highest BCUT2D eigenvalue weighted by molar-refractivity contribution is 6.03. The lowest BCUT2D eigenvalue weighted by Gasteiger charge is -2.10. The van der Waals surface area contributed by atoms with Crippen LogP contribution in [0, 0.1) is 6.92 Å². The molecule has 0 radical (unpaired) electrons. The van der Waals surface area contributed by atoms with Crippen molar-refractivity contribution in [3.8, 4) is 5.75 Å². The van der Waals surface area contributed by atoms with Crippen molar-refractivity contribution < 1.29 is 19.1 Å². The summed E-state index contributed by atoms with van der Waals surface area (Å²) < 4.78 is 10.7. The van der Waals surface area contributed by atoms with Gasteiger partial charge in [-0.3, -0.25) is 0 Å². The van der Waals surface area contributed by atoms with E-state index in [2.05, 4.69) is 6.92 Å². The predicted molar refractivity (Wildman–Crippen MR) is 92.4 cm³/mol. The fourth-order valence-corrected chi connectivity index (χ4v) is 2.26. The molecule has 24 heavy (non-hydrogen) atoms. The van der Waals surface area contributed by atoms with Crippen molar-refractivity contribution >= 4 is 11.9 Å². The number of carbonyl (C=O) groups is 2. The maximum absolute atomic E-state index is 12.4. The highest BCUT2D eigenvalue weighted by Crippen LogP contribution is 2.19. The van der Waals surface area contributed by atoms with Crippen molar-refractivity contribution in [2.75, 3.05) is 6.61 Å². The van der Waals surface area contributed by atoms with Crippen molar-refractivity contribution in [3.63, 3.8) is 0 Å². The molecule has 0 heterocycles. The van der Waals surface area contributed by atoms with E-state index in [1.807, 2.05) is 19.1 Å². The summed E-state index contributed by atoms with van der Waals surface area (Å²) in [5.41, 5.74) is 1.29. The summed E-state index contributed by atoms with van der Waals surface area (Å²) in [5.74, 6) is -0.581. The second kappa shape index (κ2) is 8.87. The lowest BCUT2D eigenvalue weighted by molar-refractivity contribution is 0.0490. The van der Waals surface area contributed by atoms with Crippen LogP contribution in [0.1, 0.15) is 52.5 Å². The molecule has 0 aliphatic carbocycles. The number of esters is 2. The van der Waals surface area contributed by atoms with E-state index in [-0.39, 0.29) is 11.1 Å². The Hall–Kier alpha value is -2.62. The zero-order chi connectivity index (χ0) is 17.4. The van der Waals surface area contributed by atoms with E-state index in [1.54, 1.807) is 36.4 Å². The maximum atomic E-state index is 12.4. The van der Waals surface area contributed by atoms with Crippen LogP contribution in [0.25, 0.3) is 0 Å². The first-order valence-corrected chi connectivity index (χ1v) is 8.17. The van der Waals surface area contributed by atoms with E-state index in [0.717, 1.165) is 24.8 Å². The molecule has 0 aliphatic rings. The molecule has 2 aromatic rings. The molecule has 0 saturated heterocycles. The first kappa shape index (κ1) is 17.7. The molecule has 0 saturated carbocycles. The molecule has 0 spiro atoms. The molecule has 0 unspecified atom stereocenters. The Morgan fingerprint density at radius 2 is 1.50 bits per heavy atom. The first-order valence-electron chi connectivity index (χ1n) is 8.17. The number of ether oxygens (including phenoxy) is 2. The Kier molecular flexibility index (Phi) is 6.55. The van der Waals surface area contributed by atoms with E-state index in [0.29, 0.717) is 12.4 Å². The average Bonchev–Trinajstić information content (AvgIpc) is 2.60. The Morgan fingerprint density at radius 1 is 0.875 bits per heavy atom. The van der Waals surface area contributed by atoms with Gasteiger partial charge in [-0.05, 0) is 37.1 Å². The Balaban J connectivity index is 2.11. The largest absolute Gasteiger partial charge is 0.462 e. The second-order valence-corrected chi connectivity index (χ2v) is 5.54. The number of carbonyl (C=O) groups excluding carboxylic acids is 2. The van der Waals surface area contributed by atoms with E-state index in [4.69, 9.17) is 9.47 Å². The third kappa shape index (κ3) is 4.69. The monoisotopic (exact) mass is 326 g/mol. The smallest absolute Gasteiger partial charge is 0.344 e. The quantitative estimate of drug-likeness (QED) is 0.425. The molecule has 0 aliphatic heterocycles. The molecule has 0 aromatic heterocycles. The van der Waals surface area contributed by atoms with Crippen molar-refractivity contribution in [1.29, 1.82) is 0 Å². The molecular weight excluding hydrogens is 304 g/mol.